The molecule has 0 atom stereocenters. The molecule has 4 N–H and O–H groups in total. The molecule has 1 aromatic rings. The number of H-pyrrole nitrogens is 1. The minimum Gasteiger partial charge on any atom is -0.345 e. The number of halogens is 3. The number of carbonyl (C=O) groups is 1. The minimum atomic E-state index is -3.09. The molecule has 1 rings (SSSR count). The number of carbonyl (C=O) groups excluding carboxylic acids is 1. The summed E-state index contributed by atoms with van der Waals surface area (Å²) in [5.74, 6) is -3.54. The molecule has 1 aromatic heterocycles. The largest absolute Gasteiger partial charge is 0.345 e. The Labute approximate surface area is 110 Å². The van der Waals surface area contributed by atoms with Crippen molar-refractivity contribution in [2.24, 2.45) is 5.73 Å². The van der Waals surface area contributed by atoms with E-state index in [2.05, 4.69) is 15.5 Å². The second kappa shape index (κ2) is 6.65. The van der Waals surface area contributed by atoms with Crippen LogP contribution in [0.2, 0.25) is 0 Å². The van der Waals surface area contributed by atoms with Crippen LogP contribution in [0.3, 0.4) is 0 Å². The lowest BCUT2D eigenvalue weighted by molar-refractivity contribution is 0.0118. The molecule has 0 saturated carbocycles. The molecule has 0 aliphatic heterocycles. The number of hydrogen-bond donors (Lipinski definition) is 3. The second-order valence-corrected chi connectivity index (χ2v) is 4.11. The molecule has 1 amide bonds. The van der Waals surface area contributed by atoms with E-state index in [-0.39, 0.29) is 24.0 Å². The summed E-state index contributed by atoms with van der Waals surface area (Å²) in [6.45, 7) is 2.27. The van der Waals surface area contributed by atoms with Crippen LogP contribution in [0, 0.1) is 0 Å². The Morgan fingerprint density at radius 3 is 2.67 bits per heavy atom. The van der Waals surface area contributed by atoms with E-state index in [0.29, 0.717) is 0 Å². The van der Waals surface area contributed by atoms with Gasteiger partial charge in [0.05, 0.1) is 13.1 Å². The first-order chi connectivity index (χ1) is 7.85. The average molecular weight is 283 g/mol. The third kappa shape index (κ3) is 4.58. The zero-order chi connectivity index (χ0) is 13.1. The van der Waals surface area contributed by atoms with E-state index in [1.54, 1.807) is 6.07 Å². The summed E-state index contributed by atoms with van der Waals surface area (Å²) in [6, 6.07) is 1.54. The van der Waals surface area contributed by atoms with Gasteiger partial charge in [0.15, 0.2) is 0 Å². The molecule has 104 valence electrons. The van der Waals surface area contributed by atoms with Gasteiger partial charge in [0.1, 0.15) is 5.69 Å². The lowest BCUT2D eigenvalue weighted by Gasteiger charge is -2.13. The normalized spacial score (nSPS) is 11.2. The van der Waals surface area contributed by atoms with Crippen LogP contribution in [0.5, 0.6) is 0 Å². The molecule has 0 unspecified atom stereocenters. The SMILES string of the molecule is CC(C)c1cc(C(=O)NCC(F)(F)CN)n[nH]1.Cl. The van der Waals surface area contributed by atoms with Crippen molar-refractivity contribution in [3.63, 3.8) is 0 Å². The monoisotopic (exact) mass is 282 g/mol. The Morgan fingerprint density at radius 1 is 1.61 bits per heavy atom. The van der Waals surface area contributed by atoms with Crippen molar-refractivity contribution in [2.45, 2.75) is 25.7 Å². The zero-order valence-electron chi connectivity index (χ0n) is 10.2. The van der Waals surface area contributed by atoms with Crippen LogP contribution >= 0.6 is 12.4 Å². The van der Waals surface area contributed by atoms with Gasteiger partial charge in [-0.2, -0.15) is 5.10 Å². The van der Waals surface area contributed by atoms with Gasteiger partial charge in [0.25, 0.3) is 11.8 Å². The van der Waals surface area contributed by atoms with Gasteiger partial charge in [-0.1, -0.05) is 13.8 Å². The molecule has 0 aliphatic rings. The molecule has 18 heavy (non-hydrogen) atoms. The quantitative estimate of drug-likeness (QED) is 0.761. The molecule has 0 saturated heterocycles. The number of amides is 1. The highest BCUT2D eigenvalue weighted by atomic mass is 35.5. The van der Waals surface area contributed by atoms with Crippen molar-refractivity contribution >= 4 is 18.3 Å². The number of nitrogens with two attached hydrogens (primary N) is 1. The van der Waals surface area contributed by atoms with Gasteiger partial charge in [-0.05, 0) is 12.0 Å². The second-order valence-electron chi connectivity index (χ2n) is 4.11. The molecule has 0 aliphatic carbocycles. The van der Waals surface area contributed by atoms with Crippen LogP contribution in [0.15, 0.2) is 6.07 Å². The Morgan fingerprint density at radius 2 is 2.22 bits per heavy atom. The highest BCUT2D eigenvalue weighted by Gasteiger charge is 2.27. The van der Waals surface area contributed by atoms with Gasteiger partial charge >= 0.3 is 0 Å². The van der Waals surface area contributed by atoms with E-state index >= 15 is 0 Å². The first-order valence-electron chi connectivity index (χ1n) is 5.27. The van der Waals surface area contributed by atoms with Gasteiger partial charge in [0.2, 0.25) is 0 Å². The number of aromatic amines is 1. The predicted octanol–water partition coefficient (Wildman–Crippen LogP) is 1.28. The van der Waals surface area contributed by atoms with E-state index in [9.17, 15) is 13.6 Å². The summed E-state index contributed by atoms with van der Waals surface area (Å²) < 4.78 is 25.6. The van der Waals surface area contributed by atoms with Crippen LogP contribution < -0.4 is 11.1 Å². The maximum Gasteiger partial charge on any atom is 0.277 e. The van der Waals surface area contributed by atoms with Gasteiger partial charge in [0, 0.05) is 5.69 Å². The maximum absolute atomic E-state index is 12.8. The van der Waals surface area contributed by atoms with Crippen molar-refractivity contribution in [1.82, 2.24) is 15.5 Å². The molecule has 8 heteroatoms. The summed E-state index contributed by atoms with van der Waals surface area (Å²) in [6.07, 6.45) is 0. The zero-order valence-corrected chi connectivity index (χ0v) is 11.0. The lowest BCUT2D eigenvalue weighted by Crippen LogP contribution is -2.41. The number of alkyl halides is 2. The Balaban J connectivity index is 0.00000289. The van der Waals surface area contributed by atoms with Crippen molar-refractivity contribution < 1.29 is 13.6 Å². The van der Waals surface area contributed by atoms with Gasteiger partial charge < -0.3 is 11.1 Å². The average Bonchev–Trinajstić information content (AvgIpc) is 2.75. The van der Waals surface area contributed by atoms with Crippen molar-refractivity contribution in [1.29, 1.82) is 0 Å². The molecule has 5 nitrogen and oxygen atoms in total. The van der Waals surface area contributed by atoms with E-state index in [1.807, 2.05) is 13.8 Å². The van der Waals surface area contributed by atoms with Crippen LogP contribution in [0.1, 0.15) is 35.9 Å². The van der Waals surface area contributed by atoms with Crippen molar-refractivity contribution in [3.05, 3.63) is 17.5 Å². The maximum atomic E-state index is 12.8. The summed E-state index contributed by atoms with van der Waals surface area (Å²) in [5, 5.41) is 8.52. The molecular weight excluding hydrogens is 266 g/mol. The number of rotatable bonds is 5. The molecule has 0 bridgehead atoms. The number of nitrogens with one attached hydrogen (secondary N) is 2. The minimum absolute atomic E-state index is 0. The van der Waals surface area contributed by atoms with Crippen LogP contribution in [0.4, 0.5) is 8.78 Å². The predicted molar refractivity (Wildman–Crippen MR) is 66.3 cm³/mol. The third-order valence-corrected chi connectivity index (χ3v) is 2.26. The number of aromatic nitrogens is 2. The van der Waals surface area contributed by atoms with E-state index in [4.69, 9.17) is 5.73 Å². The lowest BCUT2D eigenvalue weighted by atomic mass is 10.1. The standard InChI is InChI=1S/C10H16F2N4O.ClH/c1-6(2)7-3-8(16-15-7)9(17)14-5-10(11,12)4-13;/h3,6H,4-5,13H2,1-2H3,(H,14,17)(H,15,16);1H. The fourth-order valence-corrected chi connectivity index (χ4v) is 1.12. The first kappa shape index (κ1) is 16.8. The third-order valence-electron chi connectivity index (χ3n) is 2.26. The van der Waals surface area contributed by atoms with Gasteiger partial charge in [-0.3, -0.25) is 9.89 Å². The molecular formula is C10H17ClF2N4O. The Bertz CT molecular complexity index is 395. The van der Waals surface area contributed by atoms with E-state index in [0.717, 1.165) is 5.69 Å². The van der Waals surface area contributed by atoms with Crippen LogP contribution in [0.25, 0.3) is 0 Å². The molecule has 0 radical (unpaired) electrons. The molecule has 0 aromatic carbocycles. The Kier molecular flexibility index (Phi) is 6.20. The van der Waals surface area contributed by atoms with Crippen molar-refractivity contribution in [3.8, 4) is 0 Å². The van der Waals surface area contributed by atoms with Gasteiger partial charge in [-0.25, -0.2) is 8.78 Å². The van der Waals surface area contributed by atoms with Gasteiger partial charge in [-0.15, -0.1) is 12.4 Å². The number of nitrogens with zero attached hydrogens (tertiary/aromatic N) is 1. The fraction of sp³-hybridized carbons (Fsp3) is 0.600. The number of hydrogen-bond acceptors (Lipinski definition) is 3. The highest BCUT2D eigenvalue weighted by molar-refractivity contribution is 5.92. The summed E-state index contributed by atoms with van der Waals surface area (Å²) in [7, 11) is 0. The van der Waals surface area contributed by atoms with Crippen LogP contribution in [-0.4, -0.2) is 35.1 Å². The molecule has 0 fully saturated rings. The van der Waals surface area contributed by atoms with Crippen molar-refractivity contribution in [2.75, 3.05) is 13.1 Å². The summed E-state index contributed by atoms with van der Waals surface area (Å²) >= 11 is 0. The Hall–Kier alpha value is -1.21. The first-order valence-corrected chi connectivity index (χ1v) is 5.27. The summed E-state index contributed by atoms with van der Waals surface area (Å²) in [4.78, 5) is 11.5. The smallest absolute Gasteiger partial charge is 0.277 e. The topological polar surface area (TPSA) is 83.8 Å². The van der Waals surface area contributed by atoms with E-state index in [1.165, 1.54) is 0 Å². The highest BCUT2D eigenvalue weighted by Crippen LogP contribution is 2.12. The molecule has 1 heterocycles. The molecule has 0 spiro atoms. The summed E-state index contributed by atoms with van der Waals surface area (Å²) in [5.41, 5.74) is 5.73. The van der Waals surface area contributed by atoms with Crippen LogP contribution in [-0.2, 0) is 0 Å². The fourth-order valence-electron chi connectivity index (χ4n) is 1.12. The van der Waals surface area contributed by atoms with E-state index < -0.39 is 24.9 Å².